The molecule has 0 amide bonds. The van der Waals surface area contributed by atoms with Gasteiger partial charge in [0.1, 0.15) is 18.5 Å². The molecule has 2 saturated carbocycles. The van der Waals surface area contributed by atoms with Gasteiger partial charge >= 0.3 is 0 Å². The van der Waals surface area contributed by atoms with Gasteiger partial charge in [0.15, 0.2) is 0 Å². The zero-order valence-electron chi connectivity index (χ0n) is 11.9. The van der Waals surface area contributed by atoms with Crippen LogP contribution >= 0.6 is 23.2 Å². The van der Waals surface area contributed by atoms with Crippen molar-refractivity contribution in [3.63, 3.8) is 0 Å². The standard InChI is InChI=1S/C16H21Cl2NO2/c17-12-5-6-14(18)15(7-12)21-9-13(20)8-19-16(10-1-2-10)11-3-4-11/h5-7,10-11,13,16,19-20H,1-4,8-9H2. The van der Waals surface area contributed by atoms with E-state index in [0.29, 0.717) is 28.4 Å². The Bertz CT molecular complexity index is 477. The van der Waals surface area contributed by atoms with E-state index >= 15 is 0 Å². The van der Waals surface area contributed by atoms with Crippen LogP contribution in [0, 0.1) is 11.8 Å². The van der Waals surface area contributed by atoms with Gasteiger partial charge in [0.25, 0.3) is 0 Å². The molecule has 116 valence electrons. The van der Waals surface area contributed by atoms with Gasteiger partial charge in [-0.2, -0.15) is 0 Å². The minimum atomic E-state index is -0.542. The van der Waals surface area contributed by atoms with Crippen molar-refractivity contribution >= 4 is 23.2 Å². The van der Waals surface area contributed by atoms with E-state index in [0.717, 1.165) is 11.8 Å². The second kappa shape index (κ2) is 6.74. The van der Waals surface area contributed by atoms with E-state index in [9.17, 15) is 5.11 Å². The first kappa shape index (κ1) is 15.4. The fourth-order valence-electron chi connectivity index (χ4n) is 2.73. The van der Waals surface area contributed by atoms with Crippen molar-refractivity contribution in [3.05, 3.63) is 28.2 Å². The molecular weight excluding hydrogens is 309 g/mol. The molecule has 21 heavy (non-hydrogen) atoms. The highest BCUT2D eigenvalue weighted by molar-refractivity contribution is 6.34. The topological polar surface area (TPSA) is 41.5 Å². The number of rotatable bonds is 8. The summed E-state index contributed by atoms with van der Waals surface area (Å²) in [5.74, 6) is 2.17. The van der Waals surface area contributed by atoms with Crippen molar-refractivity contribution in [3.8, 4) is 5.75 Å². The number of ether oxygens (including phenoxy) is 1. The van der Waals surface area contributed by atoms with Crippen LogP contribution in [0.15, 0.2) is 18.2 Å². The molecule has 2 aliphatic carbocycles. The number of nitrogens with one attached hydrogen (secondary N) is 1. The first-order chi connectivity index (χ1) is 10.1. The van der Waals surface area contributed by atoms with Crippen molar-refractivity contribution in [1.82, 2.24) is 5.32 Å². The van der Waals surface area contributed by atoms with Gasteiger partial charge in [0.05, 0.1) is 5.02 Å². The molecule has 2 N–H and O–H groups in total. The second-order valence-corrected chi connectivity index (χ2v) is 6.99. The van der Waals surface area contributed by atoms with Crippen LogP contribution in [0.4, 0.5) is 0 Å². The van der Waals surface area contributed by atoms with Crippen molar-refractivity contribution in [2.24, 2.45) is 11.8 Å². The molecule has 0 radical (unpaired) electrons. The molecule has 1 aromatic carbocycles. The maximum absolute atomic E-state index is 10.1. The minimum Gasteiger partial charge on any atom is -0.489 e. The van der Waals surface area contributed by atoms with Crippen LogP contribution < -0.4 is 10.1 Å². The molecule has 3 rings (SSSR count). The highest BCUT2D eigenvalue weighted by Gasteiger charge is 2.41. The maximum Gasteiger partial charge on any atom is 0.139 e. The van der Waals surface area contributed by atoms with E-state index in [1.165, 1.54) is 25.7 Å². The van der Waals surface area contributed by atoms with Gasteiger partial charge in [-0.15, -0.1) is 0 Å². The molecule has 1 unspecified atom stereocenters. The quantitative estimate of drug-likeness (QED) is 0.766. The molecule has 0 heterocycles. The largest absolute Gasteiger partial charge is 0.489 e. The number of aliphatic hydroxyl groups excluding tert-OH is 1. The average molecular weight is 330 g/mol. The molecular formula is C16H21Cl2NO2. The fourth-order valence-corrected chi connectivity index (χ4v) is 3.07. The fraction of sp³-hybridized carbons (Fsp3) is 0.625. The van der Waals surface area contributed by atoms with Gasteiger partial charge in [-0.1, -0.05) is 23.2 Å². The van der Waals surface area contributed by atoms with Gasteiger partial charge in [-0.05, 0) is 49.7 Å². The summed E-state index contributed by atoms with van der Waals surface area (Å²) in [6.45, 7) is 0.783. The summed E-state index contributed by atoms with van der Waals surface area (Å²) in [6.07, 6.45) is 4.79. The Morgan fingerprint density at radius 1 is 1.19 bits per heavy atom. The van der Waals surface area contributed by atoms with E-state index in [1.807, 2.05) is 0 Å². The lowest BCUT2D eigenvalue weighted by Gasteiger charge is -2.20. The summed E-state index contributed by atoms with van der Waals surface area (Å²) in [7, 11) is 0. The van der Waals surface area contributed by atoms with Gasteiger partial charge in [0, 0.05) is 23.7 Å². The van der Waals surface area contributed by atoms with Crippen LogP contribution in [0.5, 0.6) is 5.75 Å². The minimum absolute atomic E-state index is 0.217. The number of aliphatic hydroxyl groups is 1. The van der Waals surface area contributed by atoms with E-state index in [4.69, 9.17) is 27.9 Å². The van der Waals surface area contributed by atoms with Crippen molar-refractivity contribution < 1.29 is 9.84 Å². The Morgan fingerprint density at radius 3 is 2.48 bits per heavy atom. The second-order valence-electron chi connectivity index (χ2n) is 6.15. The zero-order chi connectivity index (χ0) is 14.8. The summed E-state index contributed by atoms with van der Waals surface area (Å²) in [6, 6.07) is 5.67. The number of hydrogen-bond donors (Lipinski definition) is 2. The van der Waals surface area contributed by atoms with Crippen LogP contribution in [0.2, 0.25) is 10.0 Å². The first-order valence-electron chi connectivity index (χ1n) is 7.63. The van der Waals surface area contributed by atoms with Gasteiger partial charge in [-0.25, -0.2) is 0 Å². The first-order valence-corrected chi connectivity index (χ1v) is 8.38. The Hall–Kier alpha value is -0.480. The molecule has 0 saturated heterocycles. The van der Waals surface area contributed by atoms with Crippen LogP contribution in [-0.2, 0) is 0 Å². The van der Waals surface area contributed by atoms with Gasteiger partial charge in [-0.3, -0.25) is 0 Å². The Morgan fingerprint density at radius 2 is 1.86 bits per heavy atom. The van der Waals surface area contributed by atoms with E-state index < -0.39 is 6.10 Å². The molecule has 0 aromatic heterocycles. The molecule has 3 nitrogen and oxygen atoms in total. The molecule has 2 fully saturated rings. The Balaban J connectivity index is 1.43. The summed E-state index contributed by atoms with van der Waals surface area (Å²) in [5, 5.41) is 14.7. The van der Waals surface area contributed by atoms with Crippen LogP contribution in [-0.4, -0.2) is 30.4 Å². The predicted octanol–water partition coefficient (Wildman–Crippen LogP) is 3.51. The van der Waals surface area contributed by atoms with Crippen LogP contribution in [0.1, 0.15) is 25.7 Å². The van der Waals surface area contributed by atoms with E-state index in [-0.39, 0.29) is 6.61 Å². The summed E-state index contributed by atoms with van der Waals surface area (Å²) >= 11 is 11.9. The molecule has 0 aliphatic heterocycles. The van der Waals surface area contributed by atoms with Crippen molar-refractivity contribution in [2.75, 3.05) is 13.2 Å². The third kappa shape index (κ3) is 4.49. The molecule has 5 heteroatoms. The maximum atomic E-state index is 10.1. The third-order valence-corrected chi connectivity index (χ3v) is 4.72. The molecule has 1 atom stereocenters. The number of halogens is 2. The summed E-state index contributed by atoms with van der Waals surface area (Å²) in [4.78, 5) is 0. The normalized spacial score (nSPS) is 19.8. The molecule has 2 aliphatic rings. The lowest BCUT2D eigenvalue weighted by molar-refractivity contribution is 0.102. The van der Waals surface area contributed by atoms with Crippen molar-refractivity contribution in [2.45, 2.75) is 37.8 Å². The van der Waals surface area contributed by atoms with E-state index in [2.05, 4.69) is 5.32 Å². The third-order valence-electron chi connectivity index (χ3n) is 4.17. The molecule has 0 spiro atoms. The lowest BCUT2D eigenvalue weighted by Crippen LogP contribution is -2.40. The number of hydrogen-bond acceptors (Lipinski definition) is 3. The van der Waals surface area contributed by atoms with Gasteiger partial charge in [0.2, 0.25) is 0 Å². The summed E-state index contributed by atoms with van der Waals surface area (Å²) < 4.78 is 5.56. The SMILES string of the molecule is OC(CNC(C1CC1)C1CC1)COc1cc(Cl)ccc1Cl. The van der Waals surface area contributed by atoms with Crippen LogP contribution in [0.25, 0.3) is 0 Å². The van der Waals surface area contributed by atoms with Crippen LogP contribution in [0.3, 0.4) is 0 Å². The predicted molar refractivity (Wildman–Crippen MR) is 85.2 cm³/mol. The van der Waals surface area contributed by atoms with E-state index in [1.54, 1.807) is 18.2 Å². The average Bonchev–Trinajstić information content (AvgIpc) is 3.33. The molecule has 0 bridgehead atoms. The van der Waals surface area contributed by atoms with Gasteiger partial charge < -0.3 is 15.2 Å². The summed E-state index contributed by atoms with van der Waals surface area (Å²) in [5.41, 5.74) is 0. The Labute approximate surface area is 135 Å². The molecule has 1 aromatic rings. The lowest BCUT2D eigenvalue weighted by atomic mass is 10.1. The zero-order valence-corrected chi connectivity index (χ0v) is 13.4. The monoisotopic (exact) mass is 329 g/mol. The Kier molecular flexibility index (Phi) is 4.95. The highest BCUT2D eigenvalue weighted by Crippen LogP contribution is 2.44. The highest BCUT2D eigenvalue weighted by atomic mass is 35.5. The smallest absolute Gasteiger partial charge is 0.139 e. The van der Waals surface area contributed by atoms with Crippen molar-refractivity contribution in [1.29, 1.82) is 0 Å². The number of benzene rings is 1.